The molecule has 2 atom stereocenters. The summed E-state index contributed by atoms with van der Waals surface area (Å²) in [6, 6.07) is 15.2. The third-order valence-corrected chi connectivity index (χ3v) is 7.99. The number of hydrogen-bond donors (Lipinski definition) is 0. The molecule has 0 aromatic heterocycles. The number of carbonyl (C=O) groups is 1. The summed E-state index contributed by atoms with van der Waals surface area (Å²) in [6.07, 6.45) is 1.80. The van der Waals surface area contributed by atoms with Crippen LogP contribution in [0.25, 0.3) is 0 Å². The molecule has 4 rings (SSSR count). The van der Waals surface area contributed by atoms with Crippen molar-refractivity contribution in [3.05, 3.63) is 64.7 Å². The molecule has 2 aliphatic rings. The number of fused-ring (bicyclic) bond motifs is 1. The lowest BCUT2D eigenvalue weighted by molar-refractivity contribution is -0.123. The third-order valence-electron chi connectivity index (χ3n) is 5.89. The first kappa shape index (κ1) is 20.4. The second-order valence-corrected chi connectivity index (χ2v) is 10.5. The van der Waals surface area contributed by atoms with E-state index in [1.807, 2.05) is 37.3 Å². The van der Waals surface area contributed by atoms with Gasteiger partial charge in [-0.2, -0.15) is 0 Å². The molecule has 0 aliphatic carbocycles. The standard InChI is InChI=1S/C22H25ClN2O3S/c1-16-9-10-18(12-19(16)23)25-21-15-29(27,28)14-20(21)24(13-22(25)26)11-5-8-17-6-3-2-4-7-17/h2-4,6-7,9-10,12,20-21H,5,8,11,13-15H2,1H3. The van der Waals surface area contributed by atoms with Gasteiger partial charge < -0.3 is 4.90 Å². The monoisotopic (exact) mass is 432 g/mol. The number of nitrogens with zero attached hydrogens (tertiary/aromatic N) is 2. The smallest absolute Gasteiger partial charge is 0.241 e. The molecular weight excluding hydrogens is 408 g/mol. The molecule has 0 spiro atoms. The van der Waals surface area contributed by atoms with Crippen molar-refractivity contribution < 1.29 is 13.2 Å². The van der Waals surface area contributed by atoms with Gasteiger partial charge in [0.15, 0.2) is 9.84 Å². The highest BCUT2D eigenvalue weighted by molar-refractivity contribution is 7.91. The van der Waals surface area contributed by atoms with E-state index in [1.54, 1.807) is 11.0 Å². The SMILES string of the molecule is Cc1ccc(N2C(=O)CN(CCCc3ccccc3)C3CS(=O)(=O)CC32)cc1Cl. The Kier molecular flexibility index (Phi) is 5.69. The van der Waals surface area contributed by atoms with E-state index < -0.39 is 9.84 Å². The van der Waals surface area contributed by atoms with Gasteiger partial charge in [0.1, 0.15) is 0 Å². The Hall–Kier alpha value is -1.89. The molecule has 2 unspecified atom stereocenters. The molecule has 2 heterocycles. The number of halogens is 1. The summed E-state index contributed by atoms with van der Waals surface area (Å²) in [5.74, 6) is 0.0409. The van der Waals surface area contributed by atoms with Gasteiger partial charge in [-0.25, -0.2) is 8.42 Å². The number of benzene rings is 2. The zero-order chi connectivity index (χ0) is 20.6. The van der Waals surface area contributed by atoms with Crippen LogP contribution in [0.4, 0.5) is 5.69 Å². The molecule has 2 aliphatic heterocycles. The Morgan fingerprint density at radius 1 is 1.07 bits per heavy atom. The van der Waals surface area contributed by atoms with E-state index in [4.69, 9.17) is 11.6 Å². The summed E-state index contributed by atoms with van der Waals surface area (Å²) in [4.78, 5) is 16.8. The molecule has 2 fully saturated rings. The van der Waals surface area contributed by atoms with Gasteiger partial charge in [-0.15, -0.1) is 0 Å². The van der Waals surface area contributed by atoms with Crippen LogP contribution in [0.2, 0.25) is 5.02 Å². The van der Waals surface area contributed by atoms with Crippen molar-refractivity contribution in [2.24, 2.45) is 0 Å². The Labute approximate surface area is 177 Å². The Morgan fingerprint density at radius 3 is 2.52 bits per heavy atom. The summed E-state index contributed by atoms with van der Waals surface area (Å²) in [5, 5.41) is 0.581. The first-order chi connectivity index (χ1) is 13.8. The fourth-order valence-electron chi connectivity index (χ4n) is 4.40. The van der Waals surface area contributed by atoms with Crippen LogP contribution in [-0.2, 0) is 21.1 Å². The number of aryl methyl sites for hydroxylation is 2. The fraction of sp³-hybridized carbons (Fsp3) is 0.409. The molecule has 0 bridgehead atoms. The minimum Gasteiger partial charge on any atom is -0.306 e. The number of rotatable bonds is 5. The molecule has 0 radical (unpaired) electrons. The van der Waals surface area contributed by atoms with E-state index in [-0.39, 0.29) is 36.0 Å². The number of sulfone groups is 1. The molecule has 7 heteroatoms. The summed E-state index contributed by atoms with van der Waals surface area (Å²) in [6.45, 7) is 2.85. The van der Waals surface area contributed by atoms with Crippen LogP contribution < -0.4 is 4.90 Å². The molecule has 2 saturated heterocycles. The summed E-state index contributed by atoms with van der Waals surface area (Å²) in [7, 11) is -3.19. The molecule has 2 aromatic rings. The van der Waals surface area contributed by atoms with E-state index in [1.165, 1.54) is 5.56 Å². The van der Waals surface area contributed by atoms with E-state index >= 15 is 0 Å². The number of hydrogen-bond acceptors (Lipinski definition) is 4. The number of amides is 1. The lowest BCUT2D eigenvalue weighted by Gasteiger charge is -2.43. The third kappa shape index (κ3) is 4.34. The van der Waals surface area contributed by atoms with Gasteiger partial charge in [-0.3, -0.25) is 9.69 Å². The Morgan fingerprint density at radius 2 is 1.79 bits per heavy atom. The van der Waals surface area contributed by atoms with Crippen molar-refractivity contribution >= 4 is 33.0 Å². The van der Waals surface area contributed by atoms with Crippen molar-refractivity contribution in [2.45, 2.75) is 31.8 Å². The van der Waals surface area contributed by atoms with Crippen LogP contribution in [0, 0.1) is 6.92 Å². The van der Waals surface area contributed by atoms with Crippen LogP contribution in [0.1, 0.15) is 17.5 Å². The molecule has 0 N–H and O–H groups in total. The van der Waals surface area contributed by atoms with Crippen molar-refractivity contribution in [1.29, 1.82) is 0 Å². The zero-order valence-corrected chi connectivity index (χ0v) is 18.0. The second kappa shape index (κ2) is 8.09. The normalized spacial score (nSPS) is 23.9. The van der Waals surface area contributed by atoms with Crippen LogP contribution in [0.3, 0.4) is 0 Å². The predicted octanol–water partition coefficient (Wildman–Crippen LogP) is 3.10. The van der Waals surface area contributed by atoms with E-state index in [0.717, 1.165) is 18.4 Å². The predicted molar refractivity (Wildman–Crippen MR) is 116 cm³/mol. The van der Waals surface area contributed by atoms with Crippen molar-refractivity contribution in [3.63, 3.8) is 0 Å². The molecular formula is C22H25ClN2O3S. The highest BCUT2D eigenvalue weighted by Crippen LogP contribution is 2.33. The fourth-order valence-corrected chi connectivity index (χ4v) is 6.56. The minimum atomic E-state index is -3.19. The molecule has 29 heavy (non-hydrogen) atoms. The van der Waals surface area contributed by atoms with Crippen molar-refractivity contribution in [1.82, 2.24) is 4.90 Å². The van der Waals surface area contributed by atoms with Gasteiger partial charge >= 0.3 is 0 Å². The first-order valence-corrected chi connectivity index (χ1v) is 12.1. The minimum absolute atomic E-state index is 0.00405. The maximum atomic E-state index is 13.0. The highest BCUT2D eigenvalue weighted by atomic mass is 35.5. The first-order valence-electron chi connectivity index (χ1n) is 9.91. The summed E-state index contributed by atoms with van der Waals surface area (Å²) in [5.41, 5.74) is 2.86. The number of piperazine rings is 1. The van der Waals surface area contributed by atoms with Crippen molar-refractivity contribution in [2.75, 3.05) is 29.5 Å². The van der Waals surface area contributed by atoms with Crippen LogP contribution in [0.5, 0.6) is 0 Å². The van der Waals surface area contributed by atoms with E-state index in [2.05, 4.69) is 17.0 Å². The average molecular weight is 433 g/mol. The van der Waals surface area contributed by atoms with E-state index in [9.17, 15) is 13.2 Å². The Balaban J connectivity index is 1.54. The summed E-state index contributed by atoms with van der Waals surface area (Å²) >= 11 is 6.27. The van der Waals surface area contributed by atoms with Crippen LogP contribution >= 0.6 is 11.6 Å². The van der Waals surface area contributed by atoms with E-state index in [0.29, 0.717) is 17.3 Å². The Bertz CT molecular complexity index is 1010. The maximum Gasteiger partial charge on any atom is 0.241 e. The van der Waals surface area contributed by atoms with Crippen LogP contribution in [0.15, 0.2) is 48.5 Å². The molecule has 154 valence electrons. The highest BCUT2D eigenvalue weighted by Gasteiger charge is 2.49. The maximum absolute atomic E-state index is 13.0. The number of anilines is 1. The van der Waals surface area contributed by atoms with Crippen LogP contribution in [-0.4, -0.2) is 55.9 Å². The lowest BCUT2D eigenvalue weighted by Crippen LogP contribution is -2.62. The molecule has 0 saturated carbocycles. The average Bonchev–Trinajstić information content (AvgIpc) is 3.00. The molecule has 2 aromatic carbocycles. The van der Waals surface area contributed by atoms with Gasteiger partial charge in [0.05, 0.1) is 24.1 Å². The van der Waals surface area contributed by atoms with Crippen molar-refractivity contribution in [3.8, 4) is 0 Å². The van der Waals surface area contributed by atoms with Gasteiger partial charge in [-0.05, 0) is 49.6 Å². The van der Waals surface area contributed by atoms with Gasteiger partial charge in [-0.1, -0.05) is 48.0 Å². The lowest BCUT2D eigenvalue weighted by atomic mass is 10.0. The largest absolute Gasteiger partial charge is 0.306 e. The summed E-state index contributed by atoms with van der Waals surface area (Å²) < 4.78 is 24.9. The van der Waals surface area contributed by atoms with Gasteiger partial charge in [0, 0.05) is 16.8 Å². The zero-order valence-electron chi connectivity index (χ0n) is 16.4. The quantitative estimate of drug-likeness (QED) is 0.728. The number of carbonyl (C=O) groups excluding carboxylic acids is 1. The molecule has 1 amide bonds. The second-order valence-electron chi connectivity index (χ2n) is 7.97. The topological polar surface area (TPSA) is 57.7 Å². The van der Waals surface area contributed by atoms with Gasteiger partial charge in [0.25, 0.3) is 0 Å². The van der Waals surface area contributed by atoms with Gasteiger partial charge in [0.2, 0.25) is 5.91 Å². The molecule has 5 nitrogen and oxygen atoms in total.